The molecule has 2 heterocycles. The highest BCUT2D eigenvalue weighted by Crippen LogP contribution is 2.33. The van der Waals surface area contributed by atoms with Crippen LogP contribution >= 0.6 is 0 Å². The molecule has 116 valence electrons. The van der Waals surface area contributed by atoms with Crippen LogP contribution in [-0.4, -0.2) is 29.4 Å². The molecular weight excluding hydrogens is 276 g/mol. The fourth-order valence-corrected chi connectivity index (χ4v) is 3.21. The Hall–Kier alpha value is -2.23. The zero-order valence-corrected chi connectivity index (χ0v) is 13.1. The van der Waals surface area contributed by atoms with Crippen molar-refractivity contribution in [2.75, 3.05) is 13.7 Å². The number of likely N-dealkylation sites (tertiary alicyclic amines) is 1. The summed E-state index contributed by atoms with van der Waals surface area (Å²) in [4.78, 5) is 18.0. The molecular formula is C18H22N2O2. The number of piperidine rings is 1. The molecule has 1 fully saturated rings. The van der Waals surface area contributed by atoms with E-state index in [2.05, 4.69) is 11.1 Å². The highest BCUT2D eigenvalue weighted by molar-refractivity contribution is 5.95. The van der Waals surface area contributed by atoms with E-state index in [4.69, 9.17) is 4.74 Å². The first kappa shape index (κ1) is 14.7. The lowest BCUT2D eigenvalue weighted by molar-refractivity contribution is 0.0610. The number of methoxy groups -OCH3 is 1. The van der Waals surface area contributed by atoms with Gasteiger partial charge in [-0.15, -0.1) is 0 Å². The maximum absolute atomic E-state index is 12.9. The molecule has 4 heteroatoms. The second kappa shape index (κ2) is 6.26. The van der Waals surface area contributed by atoms with Crippen molar-refractivity contribution >= 4 is 5.91 Å². The third-order valence-corrected chi connectivity index (χ3v) is 4.43. The van der Waals surface area contributed by atoms with Crippen molar-refractivity contribution in [3.63, 3.8) is 0 Å². The van der Waals surface area contributed by atoms with Crippen LogP contribution in [0.4, 0.5) is 0 Å². The monoisotopic (exact) mass is 298 g/mol. The molecule has 4 nitrogen and oxygen atoms in total. The van der Waals surface area contributed by atoms with Crippen LogP contribution < -0.4 is 4.74 Å². The normalized spacial score (nSPS) is 18.3. The van der Waals surface area contributed by atoms with E-state index in [9.17, 15) is 4.79 Å². The highest BCUT2D eigenvalue weighted by Gasteiger charge is 2.29. The number of amides is 1. The average molecular weight is 298 g/mol. The molecule has 22 heavy (non-hydrogen) atoms. The second-order valence-corrected chi connectivity index (χ2v) is 5.80. The Balaban J connectivity index is 1.91. The van der Waals surface area contributed by atoms with E-state index < -0.39 is 0 Å². The zero-order chi connectivity index (χ0) is 15.5. The number of ether oxygens (including phenoxy) is 1. The Morgan fingerprint density at radius 1 is 1.32 bits per heavy atom. The number of aromatic nitrogens is 1. The van der Waals surface area contributed by atoms with Gasteiger partial charge in [-0.1, -0.05) is 12.1 Å². The van der Waals surface area contributed by atoms with Crippen LogP contribution in [0.15, 0.2) is 36.5 Å². The summed E-state index contributed by atoms with van der Waals surface area (Å²) in [6.07, 6.45) is 5.04. The Morgan fingerprint density at radius 2 is 2.18 bits per heavy atom. The molecule has 0 radical (unpaired) electrons. The molecule has 1 aliphatic rings. The van der Waals surface area contributed by atoms with E-state index in [0.29, 0.717) is 0 Å². The van der Waals surface area contributed by atoms with Crippen LogP contribution in [0, 0.1) is 6.92 Å². The van der Waals surface area contributed by atoms with Crippen molar-refractivity contribution in [3.05, 3.63) is 53.3 Å². The summed E-state index contributed by atoms with van der Waals surface area (Å²) < 4.78 is 5.32. The van der Waals surface area contributed by atoms with E-state index in [1.165, 1.54) is 0 Å². The maximum atomic E-state index is 12.9. The summed E-state index contributed by atoms with van der Waals surface area (Å²) in [7, 11) is 1.67. The summed E-state index contributed by atoms with van der Waals surface area (Å²) in [6.45, 7) is 2.75. The predicted octanol–water partition coefficient (Wildman–Crippen LogP) is 3.70. The number of nitrogens with one attached hydrogen (secondary N) is 1. The molecule has 1 aliphatic heterocycles. The van der Waals surface area contributed by atoms with Crippen molar-refractivity contribution < 1.29 is 9.53 Å². The fraction of sp³-hybridized carbons (Fsp3) is 0.389. The lowest BCUT2D eigenvalue weighted by Crippen LogP contribution is -2.38. The molecule has 0 unspecified atom stereocenters. The SMILES string of the molecule is COc1cccc([C@H]2CCCCN2C(=O)c2cc[nH]c2C)c1. The summed E-state index contributed by atoms with van der Waals surface area (Å²) in [5.74, 6) is 0.958. The molecule has 1 aromatic carbocycles. The minimum Gasteiger partial charge on any atom is -0.497 e. The first-order valence-corrected chi connectivity index (χ1v) is 7.79. The van der Waals surface area contributed by atoms with E-state index in [1.807, 2.05) is 42.3 Å². The number of hydrogen-bond acceptors (Lipinski definition) is 2. The Kier molecular flexibility index (Phi) is 4.18. The molecule has 1 amide bonds. The number of carbonyl (C=O) groups is 1. The lowest BCUT2D eigenvalue weighted by Gasteiger charge is -2.36. The van der Waals surface area contributed by atoms with Crippen molar-refractivity contribution in [1.29, 1.82) is 0 Å². The van der Waals surface area contributed by atoms with Crippen LogP contribution in [0.5, 0.6) is 5.75 Å². The number of carbonyl (C=O) groups excluding carboxylic acids is 1. The van der Waals surface area contributed by atoms with Gasteiger partial charge in [0.05, 0.1) is 18.7 Å². The number of aromatic amines is 1. The maximum Gasteiger partial charge on any atom is 0.256 e. The topological polar surface area (TPSA) is 45.3 Å². The average Bonchev–Trinajstić information content (AvgIpc) is 3.00. The molecule has 2 aromatic rings. The van der Waals surface area contributed by atoms with Crippen LogP contribution in [-0.2, 0) is 0 Å². The third kappa shape index (κ3) is 2.73. The Labute approximate surface area is 131 Å². The molecule has 1 aromatic heterocycles. The standard InChI is InChI=1S/C18H22N2O2/c1-13-16(9-10-19-13)18(21)20-11-4-3-8-17(20)14-6-5-7-15(12-14)22-2/h5-7,9-10,12,17,19H,3-4,8,11H2,1-2H3/t17-/m1/s1. The zero-order valence-electron chi connectivity index (χ0n) is 13.1. The van der Waals surface area contributed by atoms with Gasteiger partial charge in [-0.3, -0.25) is 4.79 Å². The fourth-order valence-electron chi connectivity index (χ4n) is 3.21. The van der Waals surface area contributed by atoms with Gasteiger partial charge in [0.2, 0.25) is 0 Å². The van der Waals surface area contributed by atoms with Gasteiger partial charge in [-0.25, -0.2) is 0 Å². The summed E-state index contributed by atoms with van der Waals surface area (Å²) in [5, 5.41) is 0. The van der Waals surface area contributed by atoms with Gasteiger partial charge in [-0.2, -0.15) is 0 Å². The number of rotatable bonds is 3. The van der Waals surface area contributed by atoms with Crippen molar-refractivity contribution in [1.82, 2.24) is 9.88 Å². The molecule has 1 saturated heterocycles. The van der Waals surface area contributed by atoms with Crippen LogP contribution in [0.3, 0.4) is 0 Å². The lowest BCUT2D eigenvalue weighted by atomic mass is 9.94. The van der Waals surface area contributed by atoms with Crippen molar-refractivity contribution in [2.24, 2.45) is 0 Å². The number of nitrogens with zero attached hydrogens (tertiary/aromatic N) is 1. The highest BCUT2D eigenvalue weighted by atomic mass is 16.5. The van der Waals surface area contributed by atoms with Crippen LogP contribution in [0.2, 0.25) is 0 Å². The van der Waals surface area contributed by atoms with Crippen LogP contribution in [0.1, 0.15) is 46.9 Å². The number of aryl methyl sites for hydroxylation is 1. The summed E-state index contributed by atoms with van der Waals surface area (Å²) in [6, 6.07) is 10.1. The van der Waals surface area contributed by atoms with Gasteiger partial charge in [0, 0.05) is 18.4 Å². The largest absolute Gasteiger partial charge is 0.497 e. The molecule has 0 saturated carbocycles. The first-order chi connectivity index (χ1) is 10.7. The van der Waals surface area contributed by atoms with Gasteiger partial charge in [0.1, 0.15) is 5.75 Å². The quantitative estimate of drug-likeness (QED) is 0.939. The molecule has 3 rings (SSSR count). The summed E-state index contributed by atoms with van der Waals surface area (Å²) >= 11 is 0. The second-order valence-electron chi connectivity index (χ2n) is 5.80. The number of hydrogen-bond donors (Lipinski definition) is 1. The first-order valence-electron chi connectivity index (χ1n) is 7.79. The number of benzene rings is 1. The molecule has 0 bridgehead atoms. The number of H-pyrrole nitrogens is 1. The smallest absolute Gasteiger partial charge is 0.256 e. The van der Waals surface area contributed by atoms with E-state index in [1.54, 1.807) is 7.11 Å². The van der Waals surface area contributed by atoms with Crippen molar-refractivity contribution in [2.45, 2.75) is 32.2 Å². The minimum atomic E-state index is 0.117. The molecule has 0 spiro atoms. The molecule has 0 aliphatic carbocycles. The van der Waals surface area contributed by atoms with E-state index >= 15 is 0 Å². The van der Waals surface area contributed by atoms with Gasteiger partial charge in [0.25, 0.3) is 5.91 Å². The van der Waals surface area contributed by atoms with Gasteiger partial charge in [-0.05, 0) is 49.9 Å². The van der Waals surface area contributed by atoms with Gasteiger partial charge >= 0.3 is 0 Å². The van der Waals surface area contributed by atoms with E-state index in [-0.39, 0.29) is 11.9 Å². The van der Waals surface area contributed by atoms with Gasteiger partial charge < -0.3 is 14.6 Å². The van der Waals surface area contributed by atoms with Crippen LogP contribution in [0.25, 0.3) is 0 Å². The van der Waals surface area contributed by atoms with Gasteiger partial charge in [0.15, 0.2) is 0 Å². The molecule has 1 N–H and O–H groups in total. The summed E-state index contributed by atoms with van der Waals surface area (Å²) in [5.41, 5.74) is 2.86. The minimum absolute atomic E-state index is 0.117. The Morgan fingerprint density at radius 3 is 2.91 bits per heavy atom. The van der Waals surface area contributed by atoms with E-state index in [0.717, 1.165) is 48.4 Å². The third-order valence-electron chi connectivity index (χ3n) is 4.43. The molecule has 1 atom stereocenters. The van der Waals surface area contributed by atoms with Crippen molar-refractivity contribution in [3.8, 4) is 5.75 Å². The Bertz CT molecular complexity index is 663. The predicted molar refractivity (Wildman–Crippen MR) is 86.2 cm³/mol.